The van der Waals surface area contributed by atoms with Crippen LogP contribution in [-0.2, 0) is 0 Å². The Morgan fingerprint density at radius 1 is 0.958 bits per heavy atom. The third-order valence-electron chi connectivity index (χ3n) is 3.61. The van der Waals surface area contributed by atoms with Gasteiger partial charge < -0.3 is 29.7 Å². The lowest BCUT2D eigenvalue weighted by Crippen LogP contribution is -2.22. The minimum absolute atomic E-state index is 0.273. The van der Waals surface area contributed by atoms with Crippen LogP contribution in [0.5, 0.6) is 17.2 Å². The van der Waals surface area contributed by atoms with E-state index in [-0.39, 0.29) is 13.2 Å². The minimum Gasteiger partial charge on any atom is -0.493 e. The molecule has 0 amide bonds. The largest absolute Gasteiger partial charge is 0.493 e. The standard InChI is InChI=1S/C18H23NO5/c1-22-16-8-13(9-17(23-2)18(16)24-3)12-5-4-6-14(7-12)19-10-15(21)11-20/h4-9,15,19-21H,10-11H2,1-3H3. The molecule has 3 N–H and O–H groups in total. The molecule has 0 saturated carbocycles. The first-order valence-electron chi connectivity index (χ1n) is 7.56. The van der Waals surface area contributed by atoms with Crippen LogP contribution in [0.1, 0.15) is 0 Å². The number of benzene rings is 2. The molecule has 0 fully saturated rings. The lowest BCUT2D eigenvalue weighted by atomic mass is 10.0. The highest BCUT2D eigenvalue weighted by atomic mass is 16.5. The molecule has 6 heteroatoms. The van der Waals surface area contributed by atoms with Crippen molar-refractivity contribution in [2.75, 3.05) is 39.8 Å². The van der Waals surface area contributed by atoms with E-state index >= 15 is 0 Å². The van der Waals surface area contributed by atoms with Gasteiger partial charge in [-0.05, 0) is 35.4 Å². The lowest BCUT2D eigenvalue weighted by Gasteiger charge is -2.15. The Kier molecular flexibility index (Phi) is 6.28. The van der Waals surface area contributed by atoms with Crippen LogP contribution in [0.2, 0.25) is 0 Å². The number of aliphatic hydroxyl groups is 2. The second-order valence-corrected chi connectivity index (χ2v) is 5.21. The van der Waals surface area contributed by atoms with E-state index in [1.54, 1.807) is 21.3 Å². The van der Waals surface area contributed by atoms with E-state index in [2.05, 4.69) is 5.32 Å². The molecule has 2 rings (SSSR count). The van der Waals surface area contributed by atoms with E-state index in [0.717, 1.165) is 16.8 Å². The molecule has 0 heterocycles. The topological polar surface area (TPSA) is 80.2 Å². The quantitative estimate of drug-likeness (QED) is 0.687. The van der Waals surface area contributed by atoms with Crippen LogP contribution >= 0.6 is 0 Å². The summed E-state index contributed by atoms with van der Waals surface area (Å²) in [7, 11) is 4.72. The number of rotatable bonds is 8. The number of hydrogen-bond donors (Lipinski definition) is 3. The fourth-order valence-electron chi connectivity index (χ4n) is 2.36. The maximum absolute atomic E-state index is 9.44. The average Bonchev–Trinajstić information content (AvgIpc) is 2.64. The maximum atomic E-state index is 9.44. The molecule has 0 aliphatic heterocycles. The van der Waals surface area contributed by atoms with Crippen molar-refractivity contribution in [1.82, 2.24) is 0 Å². The number of ether oxygens (including phenoxy) is 3. The van der Waals surface area contributed by atoms with Gasteiger partial charge in [-0.25, -0.2) is 0 Å². The third kappa shape index (κ3) is 4.10. The summed E-state index contributed by atoms with van der Waals surface area (Å²) in [5.41, 5.74) is 2.71. The molecule has 2 aromatic carbocycles. The summed E-state index contributed by atoms with van der Waals surface area (Å²) in [5, 5.41) is 21.4. The first-order valence-corrected chi connectivity index (χ1v) is 7.56. The van der Waals surface area contributed by atoms with Crippen LogP contribution in [0, 0.1) is 0 Å². The molecule has 0 saturated heterocycles. The SMILES string of the molecule is COc1cc(-c2cccc(NCC(O)CO)c2)cc(OC)c1OC. The molecule has 2 aromatic rings. The van der Waals surface area contributed by atoms with E-state index in [4.69, 9.17) is 19.3 Å². The van der Waals surface area contributed by atoms with Gasteiger partial charge in [0.15, 0.2) is 11.5 Å². The highest BCUT2D eigenvalue weighted by Gasteiger charge is 2.14. The second kappa shape index (κ2) is 8.42. The fraction of sp³-hybridized carbons (Fsp3) is 0.333. The van der Waals surface area contributed by atoms with E-state index < -0.39 is 6.10 Å². The number of hydrogen-bond acceptors (Lipinski definition) is 6. The van der Waals surface area contributed by atoms with Crippen LogP contribution in [0.15, 0.2) is 36.4 Å². The molecule has 0 aromatic heterocycles. The molecular formula is C18H23NO5. The first-order chi connectivity index (χ1) is 11.6. The van der Waals surface area contributed by atoms with Crippen molar-refractivity contribution < 1.29 is 24.4 Å². The lowest BCUT2D eigenvalue weighted by molar-refractivity contribution is 0.105. The van der Waals surface area contributed by atoms with Crippen molar-refractivity contribution >= 4 is 5.69 Å². The van der Waals surface area contributed by atoms with Crippen molar-refractivity contribution in [1.29, 1.82) is 0 Å². The zero-order valence-corrected chi connectivity index (χ0v) is 14.1. The van der Waals surface area contributed by atoms with E-state index in [1.807, 2.05) is 36.4 Å². The Hall–Kier alpha value is -2.44. The van der Waals surface area contributed by atoms with Gasteiger partial charge in [-0.2, -0.15) is 0 Å². The molecule has 130 valence electrons. The number of methoxy groups -OCH3 is 3. The summed E-state index contributed by atoms with van der Waals surface area (Å²) in [6.07, 6.45) is -0.796. The van der Waals surface area contributed by atoms with Crippen molar-refractivity contribution in [3.8, 4) is 28.4 Å². The minimum atomic E-state index is -0.796. The summed E-state index contributed by atoms with van der Waals surface area (Å²) in [6, 6.07) is 11.5. The Balaban J connectivity index is 2.34. The smallest absolute Gasteiger partial charge is 0.203 e. The Morgan fingerprint density at radius 3 is 2.17 bits per heavy atom. The van der Waals surface area contributed by atoms with Gasteiger partial charge >= 0.3 is 0 Å². The fourth-order valence-corrected chi connectivity index (χ4v) is 2.36. The summed E-state index contributed by atoms with van der Waals surface area (Å²) in [5.74, 6) is 1.71. The molecule has 6 nitrogen and oxygen atoms in total. The molecule has 0 spiro atoms. The van der Waals surface area contributed by atoms with Crippen LogP contribution in [0.3, 0.4) is 0 Å². The zero-order valence-electron chi connectivity index (χ0n) is 14.1. The predicted molar refractivity (Wildman–Crippen MR) is 93.1 cm³/mol. The van der Waals surface area contributed by atoms with Crippen LogP contribution in [0.4, 0.5) is 5.69 Å². The summed E-state index contributed by atoms with van der Waals surface area (Å²) >= 11 is 0. The van der Waals surface area contributed by atoms with Crippen LogP contribution in [-0.4, -0.2) is 50.8 Å². The van der Waals surface area contributed by atoms with E-state index in [9.17, 15) is 5.11 Å². The predicted octanol–water partition coefficient (Wildman–Crippen LogP) is 2.14. The van der Waals surface area contributed by atoms with Crippen LogP contribution in [0.25, 0.3) is 11.1 Å². The summed E-state index contributed by atoms with van der Waals surface area (Å²) in [6.45, 7) is -0.00518. The second-order valence-electron chi connectivity index (χ2n) is 5.21. The van der Waals surface area contributed by atoms with Gasteiger partial charge in [0.05, 0.1) is 34.0 Å². The maximum Gasteiger partial charge on any atom is 0.203 e. The van der Waals surface area contributed by atoms with Gasteiger partial charge in [0.25, 0.3) is 0 Å². The number of aliphatic hydroxyl groups excluding tert-OH is 2. The molecule has 0 aliphatic carbocycles. The Labute approximate surface area is 141 Å². The van der Waals surface area contributed by atoms with Crippen molar-refractivity contribution in [3.05, 3.63) is 36.4 Å². The average molecular weight is 333 g/mol. The van der Waals surface area contributed by atoms with Crippen molar-refractivity contribution in [2.45, 2.75) is 6.10 Å². The third-order valence-corrected chi connectivity index (χ3v) is 3.61. The molecule has 0 radical (unpaired) electrons. The number of nitrogens with one attached hydrogen (secondary N) is 1. The van der Waals surface area contributed by atoms with Gasteiger partial charge in [0.1, 0.15) is 0 Å². The summed E-state index contributed by atoms with van der Waals surface area (Å²) in [4.78, 5) is 0. The number of anilines is 1. The van der Waals surface area contributed by atoms with E-state index in [0.29, 0.717) is 17.2 Å². The van der Waals surface area contributed by atoms with Crippen molar-refractivity contribution in [3.63, 3.8) is 0 Å². The molecule has 0 aliphatic rings. The molecular weight excluding hydrogens is 310 g/mol. The van der Waals surface area contributed by atoms with Crippen molar-refractivity contribution in [2.24, 2.45) is 0 Å². The summed E-state index contributed by atoms with van der Waals surface area (Å²) < 4.78 is 16.1. The van der Waals surface area contributed by atoms with Gasteiger partial charge in [-0.15, -0.1) is 0 Å². The Morgan fingerprint density at radius 2 is 1.62 bits per heavy atom. The van der Waals surface area contributed by atoms with Gasteiger partial charge in [-0.3, -0.25) is 0 Å². The zero-order chi connectivity index (χ0) is 17.5. The first kappa shape index (κ1) is 17.9. The molecule has 1 unspecified atom stereocenters. The monoisotopic (exact) mass is 333 g/mol. The highest BCUT2D eigenvalue weighted by molar-refractivity contribution is 5.73. The van der Waals surface area contributed by atoms with Gasteiger partial charge in [0.2, 0.25) is 5.75 Å². The van der Waals surface area contributed by atoms with Crippen LogP contribution < -0.4 is 19.5 Å². The highest BCUT2D eigenvalue weighted by Crippen LogP contribution is 2.41. The molecule has 24 heavy (non-hydrogen) atoms. The molecule has 0 bridgehead atoms. The normalized spacial score (nSPS) is 11.7. The Bertz CT molecular complexity index is 649. The van der Waals surface area contributed by atoms with Gasteiger partial charge in [0, 0.05) is 12.2 Å². The molecule has 1 atom stereocenters. The van der Waals surface area contributed by atoms with E-state index in [1.165, 1.54) is 0 Å². The van der Waals surface area contributed by atoms with Gasteiger partial charge in [-0.1, -0.05) is 12.1 Å².